The normalized spacial score (nSPS) is 20.2. The molecular formula is C15H18N2. The van der Waals surface area contributed by atoms with Gasteiger partial charge in [-0.05, 0) is 24.6 Å². The SMILES string of the molecule is C[C@H]1c2cccn2CCN1Cc1ccccc1. The second-order valence-electron chi connectivity index (χ2n) is 4.76. The van der Waals surface area contributed by atoms with E-state index in [4.69, 9.17) is 0 Å². The Morgan fingerprint density at radius 2 is 1.88 bits per heavy atom. The highest BCUT2D eigenvalue weighted by Crippen LogP contribution is 2.26. The summed E-state index contributed by atoms with van der Waals surface area (Å²) in [5, 5.41) is 0. The van der Waals surface area contributed by atoms with Gasteiger partial charge in [0, 0.05) is 37.6 Å². The van der Waals surface area contributed by atoms with E-state index < -0.39 is 0 Å². The van der Waals surface area contributed by atoms with Crippen LogP contribution >= 0.6 is 0 Å². The van der Waals surface area contributed by atoms with E-state index in [1.54, 1.807) is 0 Å². The van der Waals surface area contributed by atoms with Crippen LogP contribution < -0.4 is 0 Å². The molecule has 0 aliphatic carbocycles. The Morgan fingerprint density at radius 1 is 1.06 bits per heavy atom. The quantitative estimate of drug-likeness (QED) is 0.764. The molecule has 88 valence electrons. The molecule has 2 heterocycles. The van der Waals surface area contributed by atoms with Crippen LogP contribution in [0.4, 0.5) is 0 Å². The monoisotopic (exact) mass is 226 g/mol. The highest BCUT2D eigenvalue weighted by Gasteiger charge is 2.22. The van der Waals surface area contributed by atoms with Gasteiger partial charge in [0.1, 0.15) is 0 Å². The van der Waals surface area contributed by atoms with Gasteiger partial charge in [0.2, 0.25) is 0 Å². The van der Waals surface area contributed by atoms with E-state index in [0.717, 1.165) is 19.6 Å². The van der Waals surface area contributed by atoms with Gasteiger partial charge in [-0.3, -0.25) is 4.90 Å². The number of benzene rings is 1. The Labute approximate surface area is 102 Å². The molecule has 0 N–H and O–H groups in total. The van der Waals surface area contributed by atoms with Gasteiger partial charge in [0.05, 0.1) is 0 Å². The van der Waals surface area contributed by atoms with Crippen LogP contribution in [-0.4, -0.2) is 16.0 Å². The Morgan fingerprint density at radius 3 is 2.71 bits per heavy atom. The number of rotatable bonds is 2. The topological polar surface area (TPSA) is 8.17 Å². The molecule has 0 unspecified atom stereocenters. The predicted molar refractivity (Wildman–Crippen MR) is 69.7 cm³/mol. The predicted octanol–water partition coefficient (Wildman–Crippen LogP) is 3.06. The second-order valence-corrected chi connectivity index (χ2v) is 4.76. The molecule has 0 saturated heterocycles. The van der Waals surface area contributed by atoms with Crippen molar-refractivity contribution >= 4 is 0 Å². The number of fused-ring (bicyclic) bond motifs is 1. The maximum Gasteiger partial charge on any atom is 0.0476 e. The summed E-state index contributed by atoms with van der Waals surface area (Å²) in [6.45, 7) is 5.60. The van der Waals surface area contributed by atoms with Crippen LogP contribution in [0.1, 0.15) is 24.2 Å². The molecule has 1 aliphatic heterocycles. The van der Waals surface area contributed by atoms with Gasteiger partial charge in [-0.15, -0.1) is 0 Å². The molecular weight excluding hydrogens is 208 g/mol. The molecule has 2 aromatic rings. The van der Waals surface area contributed by atoms with Crippen molar-refractivity contribution < 1.29 is 0 Å². The van der Waals surface area contributed by atoms with Crippen molar-refractivity contribution in [2.75, 3.05) is 6.54 Å². The molecule has 0 bridgehead atoms. The zero-order valence-corrected chi connectivity index (χ0v) is 10.2. The summed E-state index contributed by atoms with van der Waals surface area (Å²) in [6, 6.07) is 15.6. The van der Waals surface area contributed by atoms with E-state index in [1.165, 1.54) is 11.3 Å². The van der Waals surface area contributed by atoms with Gasteiger partial charge in [-0.1, -0.05) is 30.3 Å². The van der Waals surface area contributed by atoms with Gasteiger partial charge in [-0.25, -0.2) is 0 Å². The van der Waals surface area contributed by atoms with E-state index in [2.05, 4.69) is 65.1 Å². The van der Waals surface area contributed by atoms with Gasteiger partial charge in [0.15, 0.2) is 0 Å². The van der Waals surface area contributed by atoms with Gasteiger partial charge in [0.25, 0.3) is 0 Å². The van der Waals surface area contributed by atoms with Crippen LogP contribution in [0.15, 0.2) is 48.7 Å². The molecule has 1 aromatic heterocycles. The summed E-state index contributed by atoms with van der Waals surface area (Å²) in [5.41, 5.74) is 2.84. The molecule has 3 rings (SSSR count). The summed E-state index contributed by atoms with van der Waals surface area (Å²) in [6.07, 6.45) is 2.19. The fourth-order valence-corrected chi connectivity index (χ4v) is 2.66. The molecule has 0 spiro atoms. The molecule has 0 fully saturated rings. The molecule has 2 nitrogen and oxygen atoms in total. The lowest BCUT2D eigenvalue weighted by atomic mass is 10.1. The van der Waals surface area contributed by atoms with Gasteiger partial charge < -0.3 is 4.57 Å². The van der Waals surface area contributed by atoms with Gasteiger partial charge in [-0.2, -0.15) is 0 Å². The average molecular weight is 226 g/mol. The third-order valence-electron chi connectivity index (χ3n) is 3.70. The smallest absolute Gasteiger partial charge is 0.0476 e. The third-order valence-corrected chi connectivity index (χ3v) is 3.70. The molecule has 1 aliphatic rings. The second kappa shape index (κ2) is 4.38. The molecule has 2 heteroatoms. The lowest BCUT2D eigenvalue weighted by Gasteiger charge is -2.34. The molecule has 0 saturated carbocycles. The largest absolute Gasteiger partial charge is 0.349 e. The Hall–Kier alpha value is -1.54. The van der Waals surface area contributed by atoms with Crippen LogP contribution in [-0.2, 0) is 13.1 Å². The van der Waals surface area contributed by atoms with E-state index in [-0.39, 0.29) is 0 Å². The van der Waals surface area contributed by atoms with Gasteiger partial charge >= 0.3 is 0 Å². The van der Waals surface area contributed by atoms with Crippen LogP contribution in [0.25, 0.3) is 0 Å². The maximum atomic E-state index is 2.55. The van der Waals surface area contributed by atoms with Crippen LogP contribution in [0.5, 0.6) is 0 Å². The minimum atomic E-state index is 0.513. The first kappa shape index (κ1) is 10.6. The lowest BCUT2D eigenvalue weighted by Crippen LogP contribution is -2.35. The molecule has 1 atom stereocenters. The summed E-state index contributed by atoms with van der Waals surface area (Å²) < 4.78 is 2.37. The van der Waals surface area contributed by atoms with Crippen molar-refractivity contribution in [3.05, 3.63) is 59.9 Å². The summed E-state index contributed by atoms with van der Waals surface area (Å²) in [4.78, 5) is 2.55. The van der Waals surface area contributed by atoms with Crippen molar-refractivity contribution in [1.82, 2.24) is 9.47 Å². The summed E-state index contributed by atoms with van der Waals surface area (Å²) >= 11 is 0. The van der Waals surface area contributed by atoms with Crippen molar-refractivity contribution in [2.45, 2.75) is 26.1 Å². The van der Waals surface area contributed by atoms with Crippen LogP contribution in [0.2, 0.25) is 0 Å². The minimum absolute atomic E-state index is 0.513. The highest BCUT2D eigenvalue weighted by molar-refractivity contribution is 5.17. The summed E-state index contributed by atoms with van der Waals surface area (Å²) in [7, 11) is 0. The standard InChI is InChI=1S/C15H18N2/c1-13-15-8-5-9-16(15)10-11-17(13)12-14-6-3-2-4-7-14/h2-9,13H,10-12H2,1H3/t13-/m0/s1. The summed E-state index contributed by atoms with van der Waals surface area (Å²) in [5.74, 6) is 0. The molecule has 17 heavy (non-hydrogen) atoms. The van der Waals surface area contributed by atoms with E-state index in [9.17, 15) is 0 Å². The first-order chi connectivity index (χ1) is 8.34. The van der Waals surface area contributed by atoms with Crippen molar-refractivity contribution in [2.24, 2.45) is 0 Å². The fourth-order valence-electron chi connectivity index (χ4n) is 2.66. The Kier molecular flexibility index (Phi) is 2.73. The third kappa shape index (κ3) is 2.01. The number of hydrogen-bond donors (Lipinski definition) is 0. The van der Waals surface area contributed by atoms with E-state index >= 15 is 0 Å². The first-order valence-electron chi connectivity index (χ1n) is 6.27. The molecule has 1 aromatic carbocycles. The fraction of sp³-hybridized carbons (Fsp3) is 0.333. The number of aromatic nitrogens is 1. The molecule has 0 radical (unpaired) electrons. The number of nitrogens with zero attached hydrogens (tertiary/aromatic N) is 2. The average Bonchev–Trinajstić information content (AvgIpc) is 2.83. The Balaban J connectivity index is 1.78. The first-order valence-corrected chi connectivity index (χ1v) is 6.27. The van der Waals surface area contributed by atoms with Crippen LogP contribution in [0.3, 0.4) is 0 Å². The van der Waals surface area contributed by atoms with Crippen LogP contribution in [0, 0.1) is 0 Å². The highest BCUT2D eigenvalue weighted by atomic mass is 15.2. The van der Waals surface area contributed by atoms with E-state index in [1.807, 2.05) is 0 Å². The minimum Gasteiger partial charge on any atom is -0.349 e. The Bertz CT molecular complexity index is 487. The number of hydrogen-bond acceptors (Lipinski definition) is 1. The van der Waals surface area contributed by atoms with Crippen molar-refractivity contribution in [1.29, 1.82) is 0 Å². The molecule has 0 amide bonds. The maximum absolute atomic E-state index is 2.55. The van der Waals surface area contributed by atoms with Crippen molar-refractivity contribution in [3.63, 3.8) is 0 Å². The van der Waals surface area contributed by atoms with E-state index in [0.29, 0.717) is 6.04 Å². The van der Waals surface area contributed by atoms with Crippen molar-refractivity contribution in [3.8, 4) is 0 Å². The zero-order valence-electron chi connectivity index (χ0n) is 10.2. The lowest BCUT2D eigenvalue weighted by molar-refractivity contribution is 0.161. The zero-order chi connectivity index (χ0) is 11.7.